The first-order chi connectivity index (χ1) is 9.67. The predicted octanol–water partition coefficient (Wildman–Crippen LogP) is 2.32. The minimum absolute atomic E-state index is 0.212. The molecule has 0 bridgehead atoms. The van der Waals surface area contributed by atoms with Crippen LogP contribution in [0, 0.1) is 5.92 Å². The Labute approximate surface area is 122 Å². The average molecular weight is 296 g/mol. The fourth-order valence-corrected chi connectivity index (χ4v) is 3.41. The molecule has 0 N–H and O–H groups in total. The lowest BCUT2D eigenvalue weighted by molar-refractivity contribution is -0.0271. The van der Waals surface area contributed by atoms with E-state index >= 15 is 0 Å². The Morgan fingerprint density at radius 3 is 3.05 bits per heavy atom. The zero-order chi connectivity index (χ0) is 14.1. The number of hydrogen-bond donors (Lipinski definition) is 0. The topological polar surface area (TPSA) is 51.7 Å². The van der Waals surface area contributed by atoms with Crippen molar-refractivity contribution >= 4 is 22.4 Å². The van der Waals surface area contributed by atoms with Gasteiger partial charge in [-0.05, 0) is 32.6 Å². The lowest BCUT2D eigenvalue weighted by Crippen LogP contribution is -2.47. The van der Waals surface area contributed by atoms with Crippen LogP contribution in [0.2, 0.25) is 0 Å². The Morgan fingerprint density at radius 1 is 1.55 bits per heavy atom. The molecule has 2 atom stereocenters. The molecule has 2 aliphatic rings. The minimum atomic E-state index is -0.281. The Balaban J connectivity index is 1.69. The van der Waals surface area contributed by atoms with E-state index in [0.717, 1.165) is 18.2 Å². The zero-order valence-electron chi connectivity index (χ0n) is 11.9. The standard InChI is InChI=1S/C14H20N2O3S/c1-3-18-13(17)12-6-15-14(20-12)16-7-9(2)19-11(8-16)10-4-5-10/h6,9-11H,3-5,7-8H2,1-2H3/t9-,11+/m0/s1. The van der Waals surface area contributed by atoms with Gasteiger partial charge in [0.15, 0.2) is 5.13 Å². The van der Waals surface area contributed by atoms with Crippen LogP contribution in [0.3, 0.4) is 0 Å². The molecule has 1 saturated carbocycles. The van der Waals surface area contributed by atoms with Crippen LogP contribution < -0.4 is 4.90 Å². The number of ether oxygens (including phenoxy) is 2. The molecule has 0 aromatic carbocycles. The second-order valence-corrected chi connectivity index (χ2v) is 6.46. The molecule has 110 valence electrons. The van der Waals surface area contributed by atoms with E-state index in [2.05, 4.69) is 16.8 Å². The predicted molar refractivity (Wildman–Crippen MR) is 77.3 cm³/mol. The maximum atomic E-state index is 11.7. The monoisotopic (exact) mass is 296 g/mol. The summed E-state index contributed by atoms with van der Waals surface area (Å²) in [6.07, 6.45) is 4.69. The van der Waals surface area contributed by atoms with E-state index in [-0.39, 0.29) is 12.1 Å². The van der Waals surface area contributed by atoms with Crippen LogP contribution in [0.1, 0.15) is 36.4 Å². The summed E-state index contributed by atoms with van der Waals surface area (Å²) in [6.45, 7) is 6.01. The van der Waals surface area contributed by atoms with Crippen molar-refractivity contribution in [2.75, 3.05) is 24.6 Å². The highest BCUT2D eigenvalue weighted by molar-refractivity contribution is 7.17. The lowest BCUT2D eigenvalue weighted by Gasteiger charge is -2.36. The van der Waals surface area contributed by atoms with E-state index in [1.54, 1.807) is 6.20 Å². The summed E-state index contributed by atoms with van der Waals surface area (Å²) >= 11 is 1.41. The van der Waals surface area contributed by atoms with Crippen molar-refractivity contribution in [3.05, 3.63) is 11.1 Å². The van der Waals surface area contributed by atoms with Gasteiger partial charge >= 0.3 is 5.97 Å². The van der Waals surface area contributed by atoms with Crippen molar-refractivity contribution in [2.45, 2.75) is 38.9 Å². The summed E-state index contributed by atoms with van der Waals surface area (Å²) in [6, 6.07) is 0. The first-order valence-electron chi connectivity index (χ1n) is 7.20. The van der Waals surface area contributed by atoms with Gasteiger partial charge in [0.05, 0.1) is 25.0 Å². The normalized spacial score (nSPS) is 26.6. The Morgan fingerprint density at radius 2 is 2.35 bits per heavy atom. The van der Waals surface area contributed by atoms with E-state index < -0.39 is 0 Å². The summed E-state index contributed by atoms with van der Waals surface area (Å²) in [5, 5.41) is 0.897. The summed E-state index contributed by atoms with van der Waals surface area (Å²) in [5.74, 6) is 0.432. The number of anilines is 1. The highest BCUT2D eigenvalue weighted by atomic mass is 32.1. The fourth-order valence-electron chi connectivity index (χ4n) is 2.58. The number of morpholine rings is 1. The number of hydrogen-bond acceptors (Lipinski definition) is 6. The van der Waals surface area contributed by atoms with Gasteiger partial charge in [-0.1, -0.05) is 11.3 Å². The molecule has 0 unspecified atom stereocenters. The molecule has 1 aromatic heterocycles. The average Bonchev–Trinajstić information content (AvgIpc) is 3.15. The number of esters is 1. The van der Waals surface area contributed by atoms with Crippen molar-refractivity contribution in [1.82, 2.24) is 4.98 Å². The van der Waals surface area contributed by atoms with Gasteiger partial charge in [0.2, 0.25) is 0 Å². The maximum absolute atomic E-state index is 11.7. The molecule has 1 saturated heterocycles. The molecule has 0 spiro atoms. The molecule has 2 heterocycles. The minimum Gasteiger partial charge on any atom is -0.462 e. The molecule has 5 nitrogen and oxygen atoms in total. The number of carbonyl (C=O) groups is 1. The van der Waals surface area contributed by atoms with E-state index in [4.69, 9.17) is 9.47 Å². The van der Waals surface area contributed by atoms with Crippen LogP contribution in [-0.4, -0.2) is 42.9 Å². The first kappa shape index (κ1) is 13.8. The third-order valence-electron chi connectivity index (χ3n) is 3.67. The van der Waals surface area contributed by atoms with Crippen LogP contribution >= 0.6 is 11.3 Å². The highest BCUT2D eigenvalue weighted by Crippen LogP contribution is 2.38. The smallest absolute Gasteiger partial charge is 0.350 e. The number of carbonyl (C=O) groups excluding carboxylic acids is 1. The van der Waals surface area contributed by atoms with Crippen LogP contribution in [0.15, 0.2) is 6.20 Å². The Kier molecular flexibility index (Phi) is 3.94. The van der Waals surface area contributed by atoms with Gasteiger partial charge in [-0.3, -0.25) is 0 Å². The fraction of sp³-hybridized carbons (Fsp3) is 0.714. The Hall–Kier alpha value is -1.14. The van der Waals surface area contributed by atoms with Gasteiger partial charge in [0, 0.05) is 13.1 Å². The summed E-state index contributed by atoms with van der Waals surface area (Å²) < 4.78 is 11.0. The molecule has 1 aliphatic heterocycles. The lowest BCUT2D eigenvalue weighted by atomic mass is 10.1. The van der Waals surface area contributed by atoms with Crippen LogP contribution in [0.25, 0.3) is 0 Å². The van der Waals surface area contributed by atoms with E-state index in [1.165, 1.54) is 24.2 Å². The largest absolute Gasteiger partial charge is 0.462 e. The quantitative estimate of drug-likeness (QED) is 0.798. The SMILES string of the molecule is CCOC(=O)c1cnc(N2C[C@H](C)O[C@@H](C3CC3)C2)s1. The zero-order valence-corrected chi connectivity index (χ0v) is 12.7. The van der Waals surface area contributed by atoms with Gasteiger partial charge in [-0.15, -0.1) is 0 Å². The molecule has 20 heavy (non-hydrogen) atoms. The molecule has 6 heteroatoms. The maximum Gasteiger partial charge on any atom is 0.350 e. The van der Waals surface area contributed by atoms with E-state index in [9.17, 15) is 4.79 Å². The van der Waals surface area contributed by atoms with Gasteiger partial charge in [0.1, 0.15) is 4.88 Å². The molecule has 1 aromatic rings. The van der Waals surface area contributed by atoms with Crippen LogP contribution in [0.4, 0.5) is 5.13 Å². The molecule has 3 rings (SSSR count). The third kappa shape index (κ3) is 2.96. The molecular formula is C14H20N2O3S. The van der Waals surface area contributed by atoms with Crippen LogP contribution in [0.5, 0.6) is 0 Å². The molecule has 0 amide bonds. The second kappa shape index (κ2) is 5.69. The van der Waals surface area contributed by atoms with Crippen molar-refractivity contribution < 1.29 is 14.3 Å². The van der Waals surface area contributed by atoms with Crippen molar-refractivity contribution in [1.29, 1.82) is 0 Å². The van der Waals surface area contributed by atoms with Crippen molar-refractivity contribution in [3.63, 3.8) is 0 Å². The molecule has 2 fully saturated rings. The van der Waals surface area contributed by atoms with Crippen LogP contribution in [-0.2, 0) is 9.47 Å². The number of aromatic nitrogens is 1. The molecular weight excluding hydrogens is 276 g/mol. The highest BCUT2D eigenvalue weighted by Gasteiger charge is 2.38. The first-order valence-corrected chi connectivity index (χ1v) is 8.02. The van der Waals surface area contributed by atoms with Gasteiger partial charge in [0.25, 0.3) is 0 Å². The van der Waals surface area contributed by atoms with Crippen molar-refractivity contribution in [3.8, 4) is 0 Å². The molecule has 1 aliphatic carbocycles. The third-order valence-corrected chi connectivity index (χ3v) is 4.71. The second-order valence-electron chi connectivity index (χ2n) is 5.46. The number of nitrogens with zero attached hydrogens (tertiary/aromatic N) is 2. The Bertz CT molecular complexity index is 487. The molecule has 0 radical (unpaired) electrons. The van der Waals surface area contributed by atoms with E-state index in [1.807, 2.05) is 6.92 Å². The van der Waals surface area contributed by atoms with Gasteiger partial charge < -0.3 is 14.4 Å². The summed E-state index contributed by atoms with van der Waals surface area (Å²) in [5.41, 5.74) is 0. The van der Waals surface area contributed by atoms with Gasteiger partial charge in [-0.25, -0.2) is 9.78 Å². The van der Waals surface area contributed by atoms with Crippen molar-refractivity contribution in [2.24, 2.45) is 5.92 Å². The summed E-state index contributed by atoms with van der Waals surface area (Å²) in [4.78, 5) is 18.9. The van der Waals surface area contributed by atoms with E-state index in [0.29, 0.717) is 23.5 Å². The summed E-state index contributed by atoms with van der Waals surface area (Å²) in [7, 11) is 0. The number of rotatable bonds is 4. The number of thiazole rings is 1. The van der Waals surface area contributed by atoms with Gasteiger partial charge in [-0.2, -0.15) is 0 Å².